The minimum absolute atomic E-state index is 0.0233. The highest BCUT2D eigenvalue weighted by atomic mass is 79.9. The fourth-order valence-electron chi connectivity index (χ4n) is 2.65. The van der Waals surface area contributed by atoms with Crippen LogP contribution in [0, 0.1) is 0 Å². The number of ketones is 1. The first-order valence-electron chi connectivity index (χ1n) is 7.41. The van der Waals surface area contributed by atoms with Crippen LogP contribution in [-0.2, 0) is 9.53 Å². The number of benzene rings is 2. The molecule has 0 radical (unpaired) electrons. The van der Waals surface area contributed by atoms with E-state index in [1.54, 1.807) is 37.7 Å². The van der Waals surface area contributed by atoms with Crippen LogP contribution in [0.5, 0.6) is 0 Å². The molecule has 2 nitrogen and oxygen atoms in total. The van der Waals surface area contributed by atoms with Crippen LogP contribution < -0.4 is 0 Å². The molecule has 3 rings (SSSR count). The number of thioether (sulfide) groups is 1. The van der Waals surface area contributed by atoms with Gasteiger partial charge in [0.2, 0.25) is 5.78 Å². The maximum Gasteiger partial charge on any atom is 0.210 e. The molecule has 0 fully saturated rings. The molecule has 5 heteroatoms. The molecule has 1 heterocycles. The Labute approximate surface area is 159 Å². The van der Waals surface area contributed by atoms with E-state index in [2.05, 4.69) is 15.9 Å². The number of hydrogen-bond donors (Lipinski definition) is 0. The van der Waals surface area contributed by atoms with E-state index in [-0.39, 0.29) is 5.78 Å². The Bertz CT molecular complexity index is 841. The third kappa shape index (κ3) is 3.15. The maximum atomic E-state index is 12.9. The summed E-state index contributed by atoms with van der Waals surface area (Å²) in [6, 6.07) is 13.3. The van der Waals surface area contributed by atoms with Gasteiger partial charge in [-0.05, 0) is 65.9 Å². The lowest BCUT2D eigenvalue weighted by Gasteiger charge is -2.18. The van der Waals surface area contributed by atoms with Gasteiger partial charge in [-0.3, -0.25) is 4.79 Å². The van der Waals surface area contributed by atoms with Crippen LogP contribution in [0.1, 0.15) is 25.0 Å². The molecule has 0 aromatic heterocycles. The number of ether oxygens (including phenoxy) is 1. The predicted molar refractivity (Wildman–Crippen MR) is 104 cm³/mol. The average Bonchev–Trinajstić information content (AvgIpc) is 2.79. The van der Waals surface area contributed by atoms with Crippen molar-refractivity contribution in [3.8, 4) is 0 Å². The predicted octanol–water partition coefficient (Wildman–Crippen LogP) is 6.07. The number of rotatable bonds is 3. The van der Waals surface area contributed by atoms with E-state index >= 15 is 0 Å². The zero-order chi connectivity index (χ0) is 17.5. The van der Waals surface area contributed by atoms with E-state index in [0.29, 0.717) is 16.4 Å². The van der Waals surface area contributed by atoms with Crippen LogP contribution in [0.4, 0.5) is 0 Å². The third-order valence-corrected chi connectivity index (χ3v) is 5.87. The van der Waals surface area contributed by atoms with Crippen LogP contribution in [0.15, 0.2) is 51.8 Å². The molecule has 124 valence electrons. The molecule has 0 bridgehead atoms. The number of hydrogen-bond acceptors (Lipinski definition) is 3. The molecule has 24 heavy (non-hydrogen) atoms. The Morgan fingerprint density at radius 2 is 1.71 bits per heavy atom. The minimum atomic E-state index is -0.880. The molecule has 1 aliphatic rings. The van der Waals surface area contributed by atoms with Crippen molar-refractivity contribution in [2.45, 2.75) is 24.3 Å². The summed E-state index contributed by atoms with van der Waals surface area (Å²) < 4.78 is 7.02. The molecule has 0 spiro atoms. The topological polar surface area (TPSA) is 26.3 Å². The lowest BCUT2D eigenvalue weighted by molar-refractivity contribution is -0.125. The largest absolute Gasteiger partial charge is 0.478 e. The van der Waals surface area contributed by atoms with Crippen molar-refractivity contribution in [1.82, 2.24) is 0 Å². The zero-order valence-corrected chi connectivity index (χ0v) is 16.7. The van der Waals surface area contributed by atoms with Crippen LogP contribution in [-0.4, -0.2) is 17.6 Å². The molecular formula is C19H16BrClO2S. The van der Waals surface area contributed by atoms with Crippen LogP contribution in [0.25, 0.3) is 11.3 Å². The molecule has 0 saturated heterocycles. The lowest BCUT2D eigenvalue weighted by Crippen LogP contribution is -2.29. The molecule has 0 amide bonds. The van der Waals surface area contributed by atoms with E-state index in [0.717, 1.165) is 20.5 Å². The number of carbonyl (C=O) groups excluding carboxylic acids is 1. The highest BCUT2D eigenvalue weighted by Crippen LogP contribution is 2.42. The molecule has 1 aliphatic heterocycles. The van der Waals surface area contributed by atoms with Gasteiger partial charge in [-0.1, -0.05) is 29.8 Å². The molecule has 0 aliphatic carbocycles. The summed E-state index contributed by atoms with van der Waals surface area (Å²) in [7, 11) is 0. The SMILES string of the molecule is CSc1ccc(C2=C(c3ccc(Cl)cc3)C(=O)C(C)(C)O2)cc1Br. The summed E-state index contributed by atoms with van der Waals surface area (Å²) in [4.78, 5) is 14.0. The van der Waals surface area contributed by atoms with Crippen molar-refractivity contribution in [3.63, 3.8) is 0 Å². The van der Waals surface area contributed by atoms with Crippen LogP contribution in [0.3, 0.4) is 0 Å². The fraction of sp³-hybridized carbons (Fsp3) is 0.211. The van der Waals surface area contributed by atoms with Crippen molar-refractivity contribution in [1.29, 1.82) is 0 Å². The van der Waals surface area contributed by atoms with Gasteiger partial charge in [0.05, 0.1) is 5.57 Å². The van der Waals surface area contributed by atoms with Crippen molar-refractivity contribution < 1.29 is 9.53 Å². The van der Waals surface area contributed by atoms with Gasteiger partial charge < -0.3 is 4.74 Å². The second-order valence-electron chi connectivity index (χ2n) is 6.00. The molecule has 0 atom stereocenters. The average molecular weight is 424 g/mol. The quantitative estimate of drug-likeness (QED) is 0.560. The smallest absolute Gasteiger partial charge is 0.210 e. The molecule has 0 saturated carbocycles. The van der Waals surface area contributed by atoms with Gasteiger partial charge in [0.1, 0.15) is 5.76 Å². The van der Waals surface area contributed by atoms with E-state index in [1.807, 2.05) is 36.6 Å². The first-order chi connectivity index (χ1) is 11.3. The third-order valence-electron chi connectivity index (χ3n) is 3.91. The Balaban J connectivity index is 2.18. The lowest BCUT2D eigenvalue weighted by atomic mass is 9.93. The summed E-state index contributed by atoms with van der Waals surface area (Å²) >= 11 is 11.2. The van der Waals surface area contributed by atoms with E-state index in [9.17, 15) is 4.79 Å². The maximum absolute atomic E-state index is 12.9. The second-order valence-corrected chi connectivity index (χ2v) is 8.14. The van der Waals surface area contributed by atoms with E-state index in [4.69, 9.17) is 16.3 Å². The van der Waals surface area contributed by atoms with Gasteiger partial charge in [0.25, 0.3) is 0 Å². The molecule has 0 unspecified atom stereocenters. The summed E-state index contributed by atoms with van der Waals surface area (Å²) in [5.41, 5.74) is 1.41. The number of carbonyl (C=O) groups is 1. The van der Waals surface area contributed by atoms with Crippen molar-refractivity contribution in [3.05, 3.63) is 63.1 Å². The van der Waals surface area contributed by atoms with Gasteiger partial charge in [-0.25, -0.2) is 0 Å². The molecular weight excluding hydrogens is 408 g/mol. The Morgan fingerprint density at radius 1 is 1.08 bits per heavy atom. The summed E-state index contributed by atoms with van der Waals surface area (Å²) in [6.45, 7) is 3.59. The van der Waals surface area contributed by atoms with Crippen molar-refractivity contribution in [2.24, 2.45) is 0 Å². The molecule has 0 N–H and O–H groups in total. The molecule has 2 aromatic carbocycles. The Kier molecular flexibility index (Phi) is 4.82. The van der Waals surface area contributed by atoms with E-state index < -0.39 is 5.60 Å². The standard InChI is InChI=1S/C19H16BrClO2S/c1-19(2)18(22)16(11-4-7-13(21)8-5-11)17(23-19)12-6-9-15(24-3)14(20)10-12/h4-10H,1-3H3. The Morgan fingerprint density at radius 3 is 2.29 bits per heavy atom. The Hall–Kier alpha value is -1.23. The number of Topliss-reactive ketones (excluding diaryl/α,β-unsaturated/α-hetero) is 1. The number of halogens is 2. The normalized spacial score (nSPS) is 16.5. The van der Waals surface area contributed by atoms with Gasteiger partial charge in [0, 0.05) is 20.0 Å². The fourth-order valence-corrected chi connectivity index (χ4v) is 4.09. The van der Waals surface area contributed by atoms with Crippen LogP contribution in [0.2, 0.25) is 5.02 Å². The first-order valence-corrected chi connectivity index (χ1v) is 9.81. The van der Waals surface area contributed by atoms with Gasteiger partial charge in [-0.2, -0.15) is 0 Å². The van der Waals surface area contributed by atoms with Gasteiger partial charge >= 0.3 is 0 Å². The summed E-state index contributed by atoms with van der Waals surface area (Å²) in [5.74, 6) is 0.588. The molecule has 2 aromatic rings. The zero-order valence-electron chi connectivity index (χ0n) is 13.5. The van der Waals surface area contributed by atoms with Crippen molar-refractivity contribution >= 4 is 56.4 Å². The van der Waals surface area contributed by atoms with Gasteiger partial charge in [-0.15, -0.1) is 11.8 Å². The summed E-state index contributed by atoms with van der Waals surface area (Å²) in [5, 5.41) is 0.638. The minimum Gasteiger partial charge on any atom is -0.478 e. The highest BCUT2D eigenvalue weighted by molar-refractivity contribution is 9.10. The van der Waals surface area contributed by atoms with Gasteiger partial charge in [0.15, 0.2) is 5.60 Å². The van der Waals surface area contributed by atoms with Crippen molar-refractivity contribution in [2.75, 3.05) is 6.26 Å². The van der Waals surface area contributed by atoms with Crippen LogP contribution >= 0.6 is 39.3 Å². The first kappa shape index (κ1) is 17.6. The highest BCUT2D eigenvalue weighted by Gasteiger charge is 2.42. The summed E-state index contributed by atoms with van der Waals surface area (Å²) in [6.07, 6.45) is 2.02. The van der Waals surface area contributed by atoms with E-state index in [1.165, 1.54) is 0 Å². The second kappa shape index (κ2) is 6.58. The monoisotopic (exact) mass is 422 g/mol.